The summed E-state index contributed by atoms with van der Waals surface area (Å²) >= 11 is 0. The third-order valence-corrected chi connectivity index (χ3v) is 5.23. The lowest BCUT2D eigenvalue weighted by Gasteiger charge is -2.36. The highest BCUT2D eigenvalue weighted by Gasteiger charge is 2.52. The summed E-state index contributed by atoms with van der Waals surface area (Å²) in [5.41, 5.74) is 2.36. The van der Waals surface area contributed by atoms with Crippen LogP contribution in [0.5, 0.6) is 11.5 Å². The quantitative estimate of drug-likeness (QED) is 0.804. The third-order valence-electron chi connectivity index (χ3n) is 5.23. The summed E-state index contributed by atoms with van der Waals surface area (Å²) in [6.45, 7) is 1.93. The molecule has 0 bridgehead atoms. The Balaban J connectivity index is 1.91. The van der Waals surface area contributed by atoms with E-state index in [1.165, 1.54) is 11.1 Å². The molecule has 0 saturated carbocycles. The van der Waals surface area contributed by atoms with Crippen LogP contribution in [0.15, 0.2) is 24.3 Å². The van der Waals surface area contributed by atoms with E-state index in [2.05, 4.69) is 24.1 Å². The highest BCUT2D eigenvalue weighted by atomic mass is 16.5. The second-order valence-electron chi connectivity index (χ2n) is 6.45. The van der Waals surface area contributed by atoms with Gasteiger partial charge in [-0.05, 0) is 31.6 Å². The fourth-order valence-corrected chi connectivity index (χ4v) is 4.09. The molecule has 1 unspecified atom stereocenters. The predicted molar refractivity (Wildman–Crippen MR) is 79.7 cm³/mol. The zero-order valence-electron chi connectivity index (χ0n) is 12.5. The van der Waals surface area contributed by atoms with Crippen molar-refractivity contribution < 1.29 is 14.6 Å². The van der Waals surface area contributed by atoms with Gasteiger partial charge in [-0.15, -0.1) is 0 Å². The smallest absolute Gasteiger partial charge is 0.165 e. The number of methoxy groups -OCH3 is 1. The van der Waals surface area contributed by atoms with Crippen LogP contribution in [0.25, 0.3) is 0 Å². The Bertz CT molecular complexity index is 612. The minimum atomic E-state index is -0.108. The maximum absolute atomic E-state index is 10.2. The molecular weight excluding hydrogens is 266 g/mol. The van der Waals surface area contributed by atoms with E-state index in [0.717, 1.165) is 25.9 Å². The van der Waals surface area contributed by atoms with Gasteiger partial charge in [-0.2, -0.15) is 0 Å². The summed E-state index contributed by atoms with van der Waals surface area (Å²) < 4.78 is 11.7. The van der Waals surface area contributed by atoms with E-state index in [0.29, 0.717) is 5.75 Å². The largest absolute Gasteiger partial charge is 0.504 e. The Labute approximate surface area is 125 Å². The highest BCUT2D eigenvalue weighted by molar-refractivity contribution is 5.60. The van der Waals surface area contributed by atoms with Crippen molar-refractivity contribution in [2.45, 2.75) is 37.0 Å². The molecule has 2 aliphatic heterocycles. The zero-order chi connectivity index (χ0) is 14.6. The lowest BCUT2D eigenvalue weighted by atomic mass is 9.69. The number of hydrogen-bond donors (Lipinski definition) is 1. The summed E-state index contributed by atoms with van der Waals surface area (Å²) in [6, 6.07) is 3.80. The van der Waals surface area contributed by atoms with E-state index in [1.54, 1.807) is 13.2 Å². The average Bonchev–Trinajstić information content (AvgIpc) is 2.76. The molecule has 4 heteroatoms. The standard InChI is InChI=1S/C17H21NO3/c1-18-8-7-17-6-5-12(20-2)9-14(17)21-16-13(19)4-3-11(10-18)15(16)17/h3-6,12,14,19H,7-10H2,1-2H3/t12-,14-,17?/m0/s1. The lowest BCUT2D eigenvalue weighted by molar-refractivity contribution is 0.0551. The van der Waals surface area contributed by atoms with Gasteiger partial charge in [-0.1, -0.05) is 18.2 Å². The van der Waals surface area contributed by atoms with Crippen molar-refractivity contribution in [3.05, 3.63) is 35.4 Å². The molecule has 0 radical (unpaired) electrons. The van der Waals surface area contributed by atoms with E-state index in [4.69, 9.17) is 9.47 Å². The van der Waals surface area contributed by atoms with Gasteiger partial charge in [0, 0.05) is 25.6 Å². The Hall–Kier alpha value is -1.52. The number of ether oxygens (including phenoxy) is 2. The third kappa shape index (κ3) is 1.75. The van der Waals surface area contributed by atoms with Crippen LogP contribution < -0.4 is 4.74 Å². The van der Waals surface area contributed by atoms with E-state index in [1.807, 2.05) is 6.07 Å². The van der Waals surface area contributed by atoms with Crippen molar-refractivity contribution in [3.8, 4) is 11.5 Å². The summed E-state index contributed by atoms with van der Waals surface area (Å²) in [5, 5.41) is 10.2. The van der Waals surface area contributed by atoms with Crippen molar-refractivity contribution >= 4 is 0 Å². The van der Waals surface area contributed by atoms with Crippen LogP contribution in [-0.2, 0) is 16.7 Å². The predicted octanol–water partition coefficient (Wildman–Crippen LogP) is 2.20. The molecule has 3 atom stereocenters. The van der Waals surface area contributed by atoms with Crippen molar-refractivity contribution in [1.29, 1.82) is 0 Å². The van der Waals surface area contributed by atoms with Crippen LogP contribution in [0.2, 0.25) is 0 Å². The van der Waals surface area contributed by atoms with Gasteiger partial charge in [-0.25, -0.2) is 0 Å². The molecular formula is C17H21NO3. The number of aromatic hydroxyl groups is 1. The molecule has 1 aromatic carbocycles. The number of phenols is 1. The first-order valence-corrected chi connectivity index (χ1v) is 7.57. The average molecular weight is 287 g/mol. The molecule has 112 valence electrons. The van der Waals surface area contributed by atoms with Crippen LogP contribution >= 0.6 is 0 Å². The van der Waals surface area contributed by atoms with Crippen LogP contribution in [0.3, 0.4) is 0 Å². The number of hydrogen-bond acceptors (Lipinski definition) is 4. The maximum Gasteiger partial charge on any atom is 0.165 e. The summed E-state index contributed by atoms with van der Waals surface area (Å²) in [4.78, 5) is 2.34. The fraction of sp³-hybridized carbons (Fsp3) is 0.529. The molecule has 21 heavy (non-hydrogen) atoms. The summed E-state index contributed by atoms with van der Waals surface area (Å²) in [7, 11) is 3.89. The van der Waals surface area contributed by atoms with E-state index >= 15 is 0 Å². The fourth-order valence-electron chi connectivity index (χ4n) is 4.09. The van der Waals surface area contributed by atoms with Crippen molar-refractivity contribution in [2.24, 2.45) is 0 Å². The van der Waals surface area contributed by atoms with Gasteiger partial charge >= 0.3 is 0 Å². The van der Waals surface area contributed by atoms with Crippen LogP contribution in [0.4, 0.5) is 0 Å². The molecule has 2 heterocycles. The topological polar surface area (TPSA) is 41.9 Å². The highest BCUT2D eigenvalue weighted by Crippen LogP contribution is 2.55. The molecule has 3 aliphatic rings. The molecule has 4 rings (SSSR count). The molecule has 1 N–H and O–H groups in total. The molecule has 0 aromatic heterocycles. The second kappa shape index (κ2) is 4.49. The number of nitrogens with zero attached hydrogens (tertiary/aromatic N) is 1. The molecule has 1 spiro atoms. The van der Waals surface area contributed by atoms with Crippen LogP contribution in [-0.4, -0.2) is 42.9 Å². The first-order valence-electron chi connectivity index (χ1n) is 7.57. The van der Waals surface area contributed by atoms with Gasteiger partial charge in [0.1, 0.15) is 6.10 Å². The zero-order valence-corrected chi connectivity index (χ0v) is 12.5. The van der Waals surface area contributed by atoms with E-state index < -0.39 is 0 Å². The van der Waals surface area contributed by atoms with E-state index in [-0.39, 0.29) is 23.4 Å². The van der Waals surface area contributed by atoms with Crippen molar-refractivity contribution in [2.75, 3.05) is 20.7 Å². The van der Waals surface area contributed by atoms with Crippen molar-refractivity contribution in [3.63, 3.8) is 0 Å². The lowest BCUT2D eigenvalue weighted by Crippen LogP contribution is -2.43. The Morgan fingerprint density at radius 1 is 1.43 bits per heavy atom. The molecule has 0 fully saturated rings. The Kier molecular flexibility index (Phi) is 2.81. The molecule has 4 nitrogen and oxygen atoms in total. The molecule has 0 amide bonds. The molecule has 0 saturated heterocycles. The number of rotatable bonds is 1. The van der Waals surface area contributed by atoms with Gasteiger partial charge in [0.2, 0.25) is 0 Å². The second-order valence-corrected chi connectivity index (χ2v) is 6.45. The minimum Gasteiger partial charge on any atom is -0.504 e. The van der Waals surface area contributed by atoms with Crippen LogP contribution in [0, 0.1) is 0 Å². The van der Waals surface area contributed by atoms with Gasteiger partial charge in [0.05, 0.1) is 11.5 Å². The van der Waals surface area contributed by atoms with Gasteiger partial charge in [0.25, 0.3) is 0 Å². The van der Waals surface area contributed by atoms with Crippen LogP contribution in [0.1, 0.15) is 24.0 Å². The normalized spacial score (nSPS) is 34.0. The minimum absolute atomic E-state index is 0.0565. The van der Waals surface area contributed by atoms with Gasteiger partial charge in [-0.3, -0.25) is 0 Å². The Morgan fingerprint density at radius 3 is 3.10 bits per heavy atom. The monoisotopic (exact) mass is 287 g/mol. The Morgan fingerprint density at radius 2 is 2.29 bits per heavy atom. The summed E-state index contributed by atoms with van der Waals surface area (Å²) in [5.74, 6) is 0.948. The van der Waals surface area contributed by atoms with Gasteiger partial charge in [0.15, 0.2) is 11.5 Å². The molecule has 1 aromatic rings. The SMILES string of the molecule is CO[C@H]1C=CC23CCN(C)Cc4ccc(O)c(c42)O[C@H]3C1. The first kappa shape index (κ1) is 13.2. The van der Waals surface area contributed by atoms with E-state index in [9.17, 15) is 5.11 Å². The molecule has 1 aliphatic carbocycles. The van der Waals surface area contributed by atoms with Crippen molar-refractivity contribution in [1.82, 2.24) is 4.90 Å². The summed E-state index contributed by atoms with van der Waals surface area (Å²) in [6.07, 6.45) is 6.44. The first-order chi connectivity index (χ1) is 10.1. The van der Waals surface area contributed by atoms with Gasteiger partial charge < -0.3 is 19.5 Å². The number of phenolic OH excluding ortho intramolecular Hbond substituents is 1. The number of benzene rings is 1. The maximum atomic E-state index is 10.2.